The van der Waals surface area contributed by atoms with Crippen molar-refractivity contribution in [1.82, 2.24) is 20.1 Å². The minimum Gasteiger partial charge on any atom is -0.497 e. The molecule has 0 fully saturated rings. The zero-order chi connectivity index (χ0) is 26.7. The summed E-state index contributed by atoms with van der Waals surface area (Å²) in [6.45, 7) is 5.79. The number of hydrogen-bond acceptors (Lipinski definition) is 7. The Morgan fingerprint density at radius 2 is 1.73 bits per heavy atom. The second-order valence-corrected chi connectivity index (χ2v) is 10.3. The Kier molecular flexibility index (Phi) is 10.3. The number of nitrogens with one attached hydrogen (secondary N) is 2. The van der Waals surface area contributed by atoms with E-state index in [9.17, 15) is 0 Å². The van der Waals surface area contributed by atoms with Crippen LogP contribution in [0.5, 0.6) is 17.4 Å². The number of halogens is 2. The summed E-state index contributed by atoms with van der Waals surface area (Å²) < 4.78 is 19.3. The van der Waals surface area contributed by atoms with Crippen LogP contribution in [0.4, 0.5) is 5.69 Å². The molecule has 40 heavy (non-hydrogen) atoms. The highest BCUT2D eigenvalue weighted by Crippen LogP contribution is 2.35. The molecule has 8 nitrogen and oxygen atoms in total. The van der Waals surface area contributed by atoms with Crippen molar-refractivity contribution in [2.45, 2.75) is 31.4 Å². The third-order valence-electron chi connectivity index (χ3n) is 7.07. The molecular weight excluding hydrogens is 549 g/mol. The average molecular weight is 587 g/mol. The second-order valence-electron chi connectivity index (χ2n) is 10.3. The van der Waals surface area contributed by atoms with Gasteiger partial charge in [0.05, 0.1) is 38.7 Å². The summed E-state index contributed by atoms with van der Waals surface area (Å²) in [4.78, 5) is 4.65. The van der Waals surface area contributed by atoms with E-state index in [0.29, 0.717) is 19.0 Å². The van der Waals surface area contributed by atoms with Crippen LogP contribution in [0.3, 0.4) is 0 Å². The number of methoxy groups -OCH3 is 2. The summed E-state index contributed by atoms with van der Waals surface area (Å²) >= 11 is 0. The molecule has 4 aromatic rings. The standard InChI is InChI=1S/C30H35N5O3.2ClH/c1-30(2,23-12-24(36-4)14-25(13-23)37-5)19-33-28(20-9-7-6-8-10-20)27-17-31-26-11-21(15-32-29(26)38-27)22-16-34-35(3)18-22;;/h6-16,18,27-28,31,33H,17,19H2,1-5H3;2*1H/t27-,28+;;/m0../s1. The molecule has 0 amide bonds. The third-order valence-corrected chi connectivity index (χ3v) is 7.07. The molecule has 0 bridgehead atoms. The molecule has 1 aliphatic rings. The lowest BCUT2D eigenvalue weighted by atomic mass is 9.83. The molecule has 0 spiro atoms. The third kappa shape index (κ3) is 6.81. The summed E-state index contributed by atoms with van der Waals surface area (Å²) in [5.41, 5.74) is 5.00. The van der Waals surface area contributed by atoms with E-state index in [1.165, 1.54) is 0 Å². The van der Waals surface area contributed by atoms with Gasteiger partial charge in [-0.3, -0.25) is 4.68 Å². The average Bonchev–Trinajstić information content (AvgIpc) is 3.39. The summed E-state index contributed by atoms with van der Waals surface area (Å²) in [5, 5.41) is 11.6. The van der Waals surface area contributed by atoms with Gasteiger partial charge in [-0.2, -0.15) is 5.10 Å². The van der Waals surface area contributed by atoms with Crippen LogP contribution in [0.25, 0.3) is 11.1 Å². The fraction of sp³-hybridized carbons (Fsp3) is 0.333. The highest BCUT2D eigenvalue weighted by atomic mass is 35.5. The van der Waals surface area contributed by atoms with Crippen LogP contribution >= 0.6 is 24.8 Å². The summed E-state index contributed by atoms with van der Waals surface area (Å²) in [6.07, 6.45) is 5.50. The van der Waals surface area contributed by atoms with Gasteiger partial charge in [0.1, 0.15) is 17.6 Å². The minimum atomic E-state index is -0.203. The van der Waals surface area contributed by atoms with Gasteiger partial charge in [-0.05, 0) is 29.3 Å². The highest BCUT2D eigenvalue weighted by molar-refractivity contribution is 5.85. The van der Waals surface area contributed by atoms with Gasteiger partial charge >= 0.3 is 0 Å². The molecule has 10 heteroatoms. The van der Waals surface area contributed by atoms with Crippen molar-refractivity contribution >= 4 is 30.5 Å². The van der Waals surface area contributed by atoms with Crippen molar-refractivity contribution in [1.29, 1.82) is 0 Å². The number of benzene rings is 2. The van der Waals surface area contributed by atoms with E-state index < -0.39 is 0 Å². The number of fused-ring (bicyclic) bond motifs is 1. The van der Waals surface area contributed by atoms with E-state index in [-0.39, 0.29) is 42.4 Å². The molecule has 214 valence electrons. The zero-order valence-electron chi connectivity index (χ0n) is 23.4. The number of aromatic nitrogens is 3. The van der Waals surface area contributed by atoms with Gasteiger partial charge < -0.3 is 24.8 Å². The number of rotatable bonds is 9. The molecule has 2 N–H and O–H groups in total. The van der Waals surface area contributed by atoms with Crippen LogP contribution < -0.4 is 24.8 Å². The first-order valence-corrected chi connectivity index (χ1v) is 12.8. The Morgan fingerprint density at radius 1 is 1.02 bits per heavy atom. The number of anilines is 1. The first-order valence-electron chi connectivity index (χ1n) is 12.8. The lowest BCUT2D eigenvalue weighted by Crippen LogP contribution is -2.46. The van der Waals surface area contributed by atoms with Crippen molar-refractivity contribution in [3.63, 3.8) is 0 Å². The highest BCUT2D eigenvalue weighted by Gasteiger charge is 2.32. The molecule has 0 unspecified atom stereocenters. The van der Waals surface area contributed by atoms with E-state index >= 15 is 0 Å². The largest absolute Gasteiger partial charge is 0.497 e. The Labute approximate surface area is 248 Å². The topological polar surface area (TPSA) is 82.5 Å². The monoisotopic (exact) mass is 585 g/mol. The Hall–Kier alpha value is -3.46. The Morgan fingerprint density at radius 3 is 2.35 bits per heavy atom. The molecule has 2 aromatic carbocycles. The van der Waals surface area contributed by atoms with Gasteiger partial charge in [-0.1, -0.05) is 44.2 Å². The zero-order valence-corrected chi connectivity index (χ0v) is 25.0. The smallest absolute Gasteiger partial charge is 0.237 e. The lowest BCUT2D eigenvalue weighted by molar-refractivity contribution is 0.147. The van der Waals surface area contributed by atoms with Gasteiger partial charge in [0.25, 0.3) is 0 Å². The van der Waals surface area contributed by atoms with Crippen LogP contribution in [0.2, 0.25) is 0 Å². The van der Waals surface area contributed by atoms with Gasteiger partial charge in [-0.25, -0.2) is 4.98 Å². The van der Waals surface area contributed by atoms with E-state index in [1.807, 2.05) is 37.8 Å². The van der Waals surface area contributed by atoms with Crippen molar-refractivity contribution in [3.8, 4) is 28.5 Å². The van der Waals surface area contributed by atoms with E-state index in [0.717, 1.165) is 39.4 Å². The fourth-order valence-corrected chi connectivity index (χ4v) is 4.77. The SMILES string of the molecule is COc1cc(OC)cc(C(C)(C)CN[C@H](c2ccccc2)[C@@H]2CNc3cc(-c4cnn(C)c4)cnc3O2)c1.Cl.Cl. The maximum Gasteiger partial charge on any atom is 0.237 e. The molecule has 1 aliphatic heterocycles. The molecule has 0 saturated carbocycles. The summed E-state index contributed by atoms with van der Waals surface area (Å²) in [6, 6.07) is 18.5. The van der Waals surface area contributed by atoms with Gasteiger partial charge in [0.2, 0.25) is 5.88 Å². The van der Waals surface area contributed by atoms with Crippen LogP contribution in [0, 0.1) is 0 Å². The van der Waals surface area contributed by atoms with Crippen LogP contribution in [0.15, 0.2) is 73.2 Å². The van der Waals surface area contributed by atoms with Crippen LogP contribution in [-0.4, -0.2) is 48.2 Å². The normalized spacial score (nSPS) is 14.9. The van der Waals surface area contributed by atoms with Crippen LogP contribution in [-0.2, 0) is 12.5 Å². The minimum absolute atomic E-state index is 0. The van der Waals surface area contributed by atoms with Gasteiger partial charge in [-0.15, -0.1) is 24.8 Å². The molecule has 0 radical (unpaired) electrons. The van der Waals surface area contributed by atoms with Crippen LogP contribution in [0.1, 0.15) is 31.0 Å². The first-order chi connectivity index (χ1) is 18.4. The van der Waals surface area contributed by atoms with E-state index in [1.54, 1.807) is 18.9 Å². The lowest BCUT2D eigenvalue weighted by Gasteiger charge is -2.36. The number of pyridine rings is 1. The maximum atomic E-state index is 6.49. The molecule has 2 atom stereocenters. The second kappa shape index (κ2) is 13.3. The number of ether oxygens (including phenoxy) is 3. The first kappa shape index (κ1) is 31.1. The molecule has 5 rings (SSSR count). The van der Waals surface area contributed by atoms with Gasteiger partial charge in [0.15, 0.2) is 0 Å². The van der Waals surface area contributed by atoms with Crippen molar-refractivity contribution in [2.75, 3.05) is 32.6 Å². The number of aryl methyl sites for hydroxylation is 1. The predicted octanol–water partition coefficient (Wildman–Crippen LogP) is 5.82. The van der Waals surface area contributed by atoms with E-state index in [2.05, 4.69) is 77.0 Å². The Balaban J connectivity index is 0.00000220. The quantitative estimate of drug-likeness (QED) is 0.256. The Bertz CT molecular complexity index is 1380. The van der Waals surface area contributed by atoms with Crippen molar-refractivity contribution in [3.05, 3.63) is 84.3 Å². The molecular formula is C30H37Cl2N5O3. The molecule has 0 aliphatic carbocycles. The van der Waals surface area contributed by atoms with Crippen molar-refractivity contribution in [2.24, 2.45) is 7.05 Å². The summed E-state index contributed by atoms with van der Waals surface area (Å²) in [5.74, 6) is 2.16. The number of hydrogen-bond donors (Lipinski definition) is 2. The molecule has 3 heterocycles. The summed E-state index contributed by atoms with van der Waals surface area (Å²) in [7, 11) is 5.26. The maximum absolute atomic E-state index is 6.49. The molecule has 2 aromatic heterocycles. The molecule has 0 saturated heterocycles. The predicted molar refractivity (Wildman–Crippen MR) is 164 cm³/mol. The van der Waals surface area contributed by atoms with Crippen molar-refractivity contribution < 1.29 is 14.2 Å². The van der Waals surface area contributed by atoms with E-state index in [4.69, 9.17) is 14.2 Å². The fourth-order valence-electron chi connectivity index (χ4n) is 4.77. The van der Waals surface area contributed by atoms with Gasteiger partial charge in [0, 0.05) is 48.6 Å². The number of nitrogens with zero attached hydrogens (tertiary/aromatic N) is 3.